The van der Waals surface area contributed by atoms with Crippen molar-refractivity contribution in [1.29, 1.82) is 0 Å². The molecule has 0 aliphatic heterocycles. The van der Waals surface area contributed by atoms with Gasteiger partial charge in [-0.15, -0.1) is 11.3 Å². The van der Waals surface area contributed by atoms with Gasteiger partial charge in [-0.3, -0.25) is 4.72 Å². The van der Waals surface area contributed by atoms with Gasteiger partial charge in [0.1, 0.15) is 10.7 Å². The third-order valence-electron chi connectivity index (χ3n) is 2.40. The van der Waals surface area contributed by atoms with Gasteiger partial charge in [-0.1, -0.05) is 11.6 Å². The Morgan fingerprint density at radius 1 is 1.33 bits per heavy atom. The van der Waals surface area contributed by atoms with Crippen LogP contribution in [0.2, 0.25) is 5.02 Å². The highest BCUT2D eigenvalue weighted by Gasteiger charge is 2.23. The van der Waals surface area contributed by atoms with E-state index in [9.17, 15) is 12.8 Å². The van der Waals surface area contributed by atoms with Crippen molar-refractivity contribution in [1.82, 2.24) is 0 Å². The number of hydrogen-bond donors (Lipinski definition) is 2. The van der Waals surface area contributed by atoms with Crippen molar-refractivity contribution in [3.8, 4) is 0 Å². The summed E-state index contributed by atoms with van der Waals surface area (Å²) < 4.78 is 40.7. The number of anilines is 1. The quantitative estimate of drug-likeness (QED) is 0.685. The molecule has 1 aromatic heterocycles. The fraction of sp³-hybridized carbons (Fsp3) is 0.0909. The van der Waals surface area contributed by atoms with E-state index in [1.807, 2.05) is 0 Å². The van der Waals surface area contributed by atoms with Crippen molar-refractivity contribution >= 4 is 70.5 Å². The number of nitrogens with one attached hydrogen (secondary N) is 1. The van der Waals surface area contributed by atoms with Crippen molar-refractivity contribution in [3.05, 3.63) is 42.2 Å². The second kappa shape index (κ2) is 6.51. The molecule has 0 fully saturated rings. The van der Waals surface area contributed by atoms with Gasteiger partial charge in [-0.05, 0) is 50.1 Å². The normalized spacial score (nSPS) is 11.7. The Balaban J connectivity index is 2.44. The first kappa shape index (κ1) is 17.2. The van der Waals surface area contributed by atoms with Crippen LogP contribution in [-0.4, -0.2) is 13.5 Å². The van der Waals surface area contributed by atoms with Gasteiger partial charge in [0.25, 0.3) is 10.0 Å². The molecule has 114 valence electrons. The van der Waals surface area contributed by atoms with Gasteiger partial charge in [0.05, 0.1) is 21.1 Å². The van der Waals surface area contributed by atoms with E-state index in [0.29, 0.717) is 8.66 Å². The van der Waals surface area contributed by atoms with E-state index in [2.05, 4.69) is 36.6 Å². The fourth-order valence-corrected chi connectivity index (χ4v) is 6.22. The highest BCUT2D eigenvalue weighted by Crippen LogP contribution is 2.36. The molecule has 2 aromatic rings. The average Bonchev–Trinajstić information content (AvgIpc) is 2.76. The zero-order valence-corrected chi connectivity index (χ0v) is 15.6. The molecule has 0 spiro atoms. The molecule has 0 radical (unpaired) electrons. The molecular formula is C11H7Br2ClFNO3S2. The molecule has 1 aromatic carbocycles. The third-order valence-corrected chi connectivity index (χ3v) is 6.91. The van der Waals surface area contributed by atoms with Gasteiger partial charge in [0, 0.05) is 9.35 Å². The molecule has 1 heterocycles. The fourth-order valence-electron chi connectivity index (χ4n) is 1.49. The molecule has 0 unspecified atom stereocenters. The first-order valence-corrected chi connectivity index (χ1v) is 9.57. The lowest BCUT2D eigenvalue weighted by atomic mass is 10.3. The highest BCUT2D eigenvalue weighted by atomic mass is 79.9. The van der Waals surface area contributed by atoms with Gasteiger partial charge in [0.15, 0.2) is 0 Å². The first-order chi connectivity index (χ1) is 9.74. The molecule has 0 atom stereocenters. The largest absolute Gasteiger partial charge is 0.391 e. The van der Waals surface area contributed by atoms with E-state index in [0.717, 1.165) is 23.5 Å². The second-order valence-corrected chi connectivity index (χ2v) is 9.23. The molecule has 21 heavy (non-hydrogen) atoms. The maximum atomic E-state index is 13.2. The van der Waals surface area contributed by atoms with Crippen LogP contribution in [0.4, 0.5) is 10.1 Å². The number of aliphatic hydroxyl groups is 1. The number of halogens is 4. The summed E-state index contributed by atoms with van der Waals surface area (Å²) in [5.41, 5.74) is 0.0433. The SMILES string of the molecule is O=S(=O)(Nc1c(Cl)cc(F)cc1Br)c1cc(CO)sc1Br. The van der Waals surface area contributed by atoms with E-state index in [1.165, 1.54) is 6.07 Å². The average molecular weight is 480 g/mol. The molecule has 2 rings (SSSR count). The van der Waals surface area contributed by atoms with Gasteiger partial charge >= 0.3 is 0 Å². The summed E-state index contributed by atoms with van der Waals surface area (Å²) in [6, 6.07) is 3.46. The van der Waals surface area contributed by atoms with Crippen LogP contribution < -0.4 is 4.72 Å². The molecule has 10 heteroatoms. The summed E-state index contributed by atoms with van der Waals surface area (Å²) in [5.74, 6) is -0.589. The Labute approximate surface area is 146 Å². The molecule has 0 aliphatic carbocycles. The standard InChI is InChI=1S/C11H7Br2ClFNO3S2/c12-7-1-5(15)2-8(14)10(7)16-21(18,19)9-3-6(4-17)20-11(9)13/h1-3,16-17H,4H2. The Morgan fingerprint density at radius 2 is 2.00 bits per heavy atom. The smallest absolute Gasteiger partial charge is 0.263 e. The van der Waals surface area contributed by atoms with Crippen LogP contribution in [0, 0.1) is 5.82 Å². The van der Waals surface area contributed by atoms with E-state index < -0.39 is 15.8 Å². The first-order valence-electron chi connectivity index (χ1n) is 5.31. The second-order valence-electron chi connectivity index (χ2n) is 3.86. The van der Waals surface area contributed by atoms with E-state index >= 15 is 0 Å². The Kier molecular flexibility index (Phi) is 5.32. The highest BCUT2D eigenvalue weighted by molar-refractivity contribution is 9.11. The summed E-state index contributed by atoms with van der Waals surface area (Å²) in [7, 11) is -3.93. The number of hydrogen-bond acceptors (Lipinski definition) is 4. The number of aliphatic hydroxyl groups excluding tert-OH is 1. The summed E-state index contributed by atoms with van der Waals surface area (Å²) >= 11 is 13.2. The molecule has 2 N–H and O–H groups in total. The number of sulfonamides is 1. The monoisotopic (exact) mass is 477 g/mol. The van der Waals surface area contributed by atoms with Gasteiger partial charge in [-0.25, -0.2) is 12.8 Å². The van der Waals surface area contributed by atoms with E-state index in [4.69, 9.17) is 16.7 Å². The zero-order valence-electron chi connectivity index (χ0n) is 10.0. The van der Waals surface area contributed by atoms with Crippen molar-refractivity contribution in [2.24, 2.45) is 0 Å². The van der Waals surface area contributed by atoms with Crippen molar-refractivity contribution in [2.75, 3.05) is 4.72 Å². The van der Waals surface area contributed by atoms with Crippen LogP contribution >= 0.6 is 54.8 Å². The minimum Gasteiger partial charge on any atom is -0.391 e. The van der Waals surface area contributed by atoms with Crippen LogP contribution in [0.1, 0.15) is 4.88 Å². The predicted molar refractivity (Wildman–Crippen MR) is 87.9 cm³/mol. The topological polar surface area (TPSA) is 66.4 Å². The van der Waals surface area contributed by atoms with Crippen LogP contribution in [0.5, 0.6) is 0 Å². The van der Waals surface area contributed by atoms with E-state index in [1.54, 1.807) is 0 Å². The summed E-state index contributed by atoms with van der Waals surface area (Å²) in [5, 5.41) is 8.98. The van der Waals surface area contributed by atoms with Gasteiger partial charge < -0.3 is 5.11 Å². The lowest BCUT2D eigenvalue weighted by Gasteiger charge is -2.11. The van der Waals surface area contributed by atoms with E-state index in [-0.39, 0.29) is 26.7 Å². The number of rotatable bonds is 4. The summed E-state index contributed by atoms with van der Waals surface area (Å²) in [6.07, 6.45) is 0. The number of thiophene rings is 1. The number of benzene rings is 1. The molecule has 0 amide bonds. The Bertz CT molecular complexity index is 772. The zero-order chi connectivity index (χ0) is 15.8. The van der Waals surface area contributed by atoms with Crippen LogP contribution in [0.15, 0.2) is 31.4 Å². The molecular weight excluding hydrogens is 473 g/mol. The molecule has 0 saturated heterocycles. The van der Waals surface area contributed by atoms with Gasteiger partial charge in [-0.2, -0.15) is 0 Å². The maximum Gasteiger partial charge on any atom is 0.263 e. The van der Waals surface area contributed by atoms with Crippen molar-refractivity contribution in [2.45, 2.75) is 11.5 Å². The van der Waals surface area contributed by atoms with Crippen LogP contribution in [0.25, 0.3) is 0 Å². The lowest BCUT2D eigenvalue weighted by molar-refractivity contribution is 0.285. The minimum atomic E-state index is -3.93. The van der Waals surface area contributed by atoms with Crippen LogP contribution in [0.3, 0.4) is 0 Å². The van der Waals surface area contributed by atoms with Crippen molar-refractivity contribution < 1.29 is 17.9 Å². The maximum absolute atomic E-state index is 13.2. The molecule has 4 nitrogen and oxygen atoms in total. The lowest BCUT2D eigenvalue weighted by Crippen LogP contribution is -2.13. The Hall–Kier alpha value is -0.190. The van der Waals surface area contributed by atoms with Crippen LogP contribution in [-0.2, 0) is 16.6 Å². The minimum absolute atomic E-state index is 0.0242. The molecule has 0 bridgehead atoms. The Morgan fingerprint density at radius 3 is 2.52 bits per heavy atom. The summed E-state index contributed by atoms with van der Waals surface area (Å²) in [4.78, 5) is 0.468. The van der Waals surface area contributed by atoms with Gasteiger partial charge in [0.2, 0.25) is 0 Å². The molecule has 0 aliphatic rings. The third kappa shape index (κ3) is 3.77. The predicted octanol–water partition coefficient (Wildman–Crippen LogP) is 4.36. The molecule has 0 saturated carbocycles. The van der Waals surface area contributed by atoms with Crippen molar-refractivity contribution in [3.63, 3.8) is 0 Å². The summed E-state index contributed by atoms with van der Waals surface area (Å²) in [6.45, 7) is -0.264.